The van der Waals surface area contributed by atoms with Gasteiger partial charge in [0, 0.05) is 25.0 Å². The van der Waals surface area contributed by atoms with E-state index in [0.717, 1.165) is 12.4 Å². The number of anilines is 1. The Kier molecular flexibility index (Phi) is 9.73. The van der Waals surface area contributed by atoms with E-state index in [0.29, 0.717) is 17.4 Å². The molecule has 15 heteroatoms. The summed E-state index contributed by atoms with van der Waals surface area (Å²) in [6.45, 7) is 3.68. The molecule has 0 saturated heterocycles. The maximum absolute atomic E-state index is 14.1. The zero-order chi connectivity index (χ0) is 28.6. The lowest BCUT2D eigenvalue weighted by atomic mass is 10.0. The van der Waals surface area contributed by atoms with Gasteiger partial charge in [0.15, 0.2) is 17.3 Å². The van der Waals surface area contributed by atoms with Gasteiger partial charge in [-0.1, -0.05) is 13.8 Å². The van der Waals surface area contributed by atoms with Crippen LogP contribution in [0.25, 0.3) is 0 Å². The lowest BCUT2D eigenvalue weighted by molar-refractivity contribution is -0.141. The van der Waals surface area contributed by atoms with Gasteiger partial charge in [-0.05, 0) is 5.92 Å². The number of nitrogens with one attached hydrogen (secondary N) is 1. The summed E-state index contributed by atoms with van der Waals surface area (Å²) < 4.78 is 63.7. The molecular formula is C24H27F4N7O4. The molecule has 0 spiro atoms. The van der Waals surface area contributed by atoms with Crippen molar-refractivity contribution >= 4 is 17.5 Å². The Morgan fingerprint density at radius 1 is 1.08 bits per heavy atom. The number of hydrogen-bond acceptors (Lipinski definition) is 8. The predicted octanol–water partition coefficient (Wildman–Crippen LogP) is 3.29. The summed E-state index contributed by atoms with van der Waals surface area (Å²) in [6, 6.07) is 0. The van der Waals surface area contributed by atoms with Crippen LogP contribution in [-0.4, -0.2) is 68.3 Å². The van der Waals surface area contributed by atoms with Crippen LogP contribution in [0.4, 0.5) is 23.2 Å². The number of nitrogens with zero attached hydrogens (tertiary/aromatic N) is 6. The minimum atomic E-state index is -4.60. The van der Waals surface area contributed by atoms with E-state index in [1.807, 2.05) is 13.8 Å². The number of carbonyl (C=O) groups excluding carboxylic acids is 2. The highest BCUT2D eigenvalue weighted by Crippen LogP contribution is 2.28. The van der Waals surface area contributed by atoms with Crippen molar-refractivity contribution in [3.63, 3.8) is 0 Å². The lowest BCUT2D eigenvalue weighted by Crippen LogP contribution is -2.33. The summed E-state index contributed by atoms with van der Waals surface area (Å²) in [5.74, 6) is -1.36. The molecule has 11 nitrogen and oxygen atoms in total. The maximum atomic E-state index is 14.1. The Hall–Kier alpha value is -4.30. The van der Waals surface area contributed by atoms with Crippen LogP contribution in [0.15, 0.2) is 37.2 Å². The van der Waals surface area contributed by atoms with Crippen molar-refractivity contribution in [1.29, 1.82) is 0 Å². The van der Waals surface area contributed by atoms with Crippen LogP contribution < -0.4 is 14.8 Å². The fourth-order valence-electron chi connectivity index (χ4n) is 3.19. The van der Waals surface area contributed by atoms with Crippen LogP contribution in [0.2, 0.25) is 0 Å². The molecular weight excluding hydrogens is 526 g/mol. The molecule has 0 fully saturated rings. The fraction of sp³-hybridized carbons (Fsp3) is 0.417. The third-order valence-electron chi connectivity index (χ3n) is 5.31. The third-order valence-corrected chi connectivity index (χ3v) is 5.31. The summed E-state index contributed by atoms with van der Waals surface area (Å²) >= 11 is 0. The van der Waals surface area contributed by atoms with Gasteiger partial charge >= 0.3 is 6.18 Å². The molecule has 2 amide bonds. The second kappa shape index (κ2) is 13.0. The Morgan fingerprint density at radius 2 is 1.85 bits per heavy atom. The Morgan fingerprint density at radius 3 is 2.51 bits per heavy atom. The van der Waals surface area contributed by atoms with Gasteiger partial charge in [-0.2, -0.15) is 18.3 Å². The highest BCUT2D eigenvalue weighted by Gasteiger charge is 2.32. The minimum Gasteiger partial charge on any atom is -0.490 e. The predicted molar refractivity (Wildman–Crippen MR) is 129 cm³/mol. The van der Waals surface area contributed by atoms with Crippen molar-refractivity contribution < 1.29 is 36.6 Å². The molecule has 3 aromatic rings. The zero-order valence-corrected chi connectivity index (χ0v) is 21.4. The van der Waals surface area contributed by atoms with Crippen LogP contribution in [0.1, 0.15) is 37.4 Å². The van der Waals surface area contributed by atoms with E-state index in [9.17, 15) is 27.2 Å². The summed E-state index contributed by atoms with van der Waals surface area (Å²) in [5.41, 5.74) is -0.172. The number of likely N-dealkylation sites (N-methyl/N-ethyl adjacent to an activating group) is 1. The van der Waals surface area contributed by atoms with E-state index in [1.54, 1.807) is 0 Å². The second-order valence-electron chi connectivity index (χ2n) is 8.67. The molecule has 0 unspecified atom stereocenters. The van der Waals surface area contributed by atoms with E-state index >= 15 is 0 Å². The normalized spacial score (nSPS) is 11.4. The molecule has 0 aliphatic heterocycles. The SMILES string of the molecule is CC(C)c1cncc(F)c1OCCC(=O)Nc1cnn(CC(=O)N(C)CCOc2cnc(C(F)(F)F)cn2)c1. The minimum absolute atomic E-state index is 0.00881. The summed E-state index contributed by atoms with van der Waals surface area (Å²) in [4.78, 5) is 36.7. The molecule has 0 aromatic carbocycles. The first-order valence-corrected chi connectivity index (χ1v) is 11.8. The third kappa shape index (κ3) is 8.61. The summed E-state index contributed by atoms with van der Waals surface area (Å²) in [6.07, 6.45) is 2.20. The number of aromatic nitrogens is 5. The van der Waals surface area contributed by atoms with Gasteiger partial charge in [-0.3, -0.25) is 19.3 Å². The monoisotopic (exact) mass is 553 g/mol. The average Bonchev–Trinajstić information content (AvgIpc) is 3.30. The number of rotatable bonds is 12. The van der Waals surface area contributed by atoms with Crippen LogP contribution in [0, 0.1) is 5.82 Å². The number of alkyl halides is 3. The summed E-state index contributed by atoms with van der Waals surface area (Å²) in [7, 11) is 1.52. The van der Waals surface area contributed by atoms with E-state index in [-0.39, 0.29) is 62.1 Å². The van der Waals surface area contributed by atoms with Crippen molar-refractivity contribution in [2.75, 3.05) is 32.1 Å². The van der Waals surface area contributed by atoms with Gasteiger partial charge < -0.3 is 19.7 Å². The number of pyridine rings is 1. The maximum Gasteiger partial charge on any atom is 0.434 e. The first-order chi connectivity index (χ1) is 18.4. The largest absolute Gasteiger partial charge is 0.490 e. The number of hydrogen-bond donors (Lipinski definition) is 1. The molecule has 3 aromatic heterocycles. The molecule has 3 rings (SSSR count). The van der Waals surface area contributed by atoms with Crippen LogP contribution >= 0.6 is 0 Å². The number of halogens is 4. The molecule has 0 aliphatic carbocycles. The van der Waals surface area contributed by atoms with Crippen molar-refractivity contribution in [1.82, 2.24) is 29.6 Å². The quantitative estimate of drug-likeness (QED) is 0.339. The first-order valence-electron chi connectivity index (χ1n) is 11.8. The number of ether oxygens (including phenoxy) is 2. The van der Waals surface area contributed by atoms with Gasteiger partial charge in [-0.15, -0.1) is 0 Å². The van der Waals surface area contributed by atoms with Crippen LogP contribution in [-0.2, 0) is 22.3 Å². The van der Waals surface area contributed by atoms with E-state index < -0.39 is 17.7 Å². The van der Waals surface area contributed by atoms with Gasteiger partial charge in [0.1, 0.15) is 13.2 Å². The van der Waals surface area contributed by atoms with Crippen molar-refractivity contribution in [3.8, 4) is 11.6 Å². The van der Waals surface area contributed by atoms with Crippen molar-refractivity contribution in [3.05, 3.63) is 54.3 Å². The standard InChI is InChI=1S/C24H27F4N7O4/c1-15(2)17-9-29-10-18(25)23(17)39-6-4-20(36)33-16-8-32-35(13-16)14-22(37)34(3)5-7-38-21-12-30-19(11-31-21)24(26,27)28/h8-13,15H,4-7,14H2,1-3H3,(H,33,36). The fourth-order valence-corrected chi connectivity index (χ4v) is 3.19. The van der Waals surface area contributed by atoms with Gasteiger partial charge in [-0.25, -0.2) is 14.4 Å². The highest BCUT2D eigenvalue weighted by molar-refractivity contribution is 5.90. The molecule has 0 aliphatic rings. The zero-order valence-electron chi connectivity index (χ0n) is 21.4. The van der Waals surface area contributed by atoms with E-state index in [4.69, 9.17) is 9.47 Å². The molecule has 3 heterocycles. The topological polar surface area (TPSA) is 124 Å². The smallest absolute Gasteiger partial charge is 0.434 e. The van der Waals surface area contributed by atoms with Gasteiger partial charge in [0.25, 0.3) is 0 Å². The van der Waals surface area contributed by atoms with Crippen LogP contribution in [0.5, 0.6) is 11.6 Å². The van der Waals surface area contributed by atoms with Gasteiger partial charge in [0.2, 0.25) is 17.7 Å². The second-order valence-corrected chi connectivity index (χ2v) is 8.67. The van der Waals surface area contributed by atoms with Gasteiger partial charge in [0.05, 0.1) is 50.0 Å². The average molecular weight is 554 g/mol. The lowest BCUT2D eigenvalue weighted by Gasteiger charge is -2.17. The van der Waals surface area contributed by atoms with Crippen LogP contribution in [0.3, 0.4) is 0 Å². The Bertz CT molecular complexity index is 1270. The number of amides is 2. The Balaban J connectivity index is 1.40. The molecule has 0 saturated carbocycles. The molecule has 39 heavy (non-hydrogen) atoms. The molecule has 0 atom stereocenters. The van der Waals surface area contributed by atoms with E-state index in [1.165, 1.54) is 35.2 Å². The van der Waals surface area contributed by atoms with Crippen molar-refractivity contribution in [2.24, 2.45) is 0 Å². The Labute approximate surface area is 221 Å². The molecule has 1 N–H and O–H groups in total. The summed E-state index contributed by atoms with van der Waals surface area (Å²) in [5, 5.41) is 6.68. The highest BCUT2D eigenvalue weighted by atomic mass is 19.4. The molecule has 210 valence electrons. The molecule has 0 radical (unpaired) electrons. The number of carbonyl (C=O) groups is 2. The van der Waals surface area contributed by atoms with Crippen molar-refractivity contribution in [2.45, 2.75) is 38.9 Å². The first kappa shape index (κ1) is 29.3. The van der Waals surface area contributed by atoms with E-state index in [2.05, 4.69) is 25.4 Å². The molecule has 0 bridgehead atoms.